The van der Waals surface area contributed by atoms with E-state index in [-0.39, 0.29) is 0 Å². The highest BCUT2D eigenvalue weighted by Crippen LogP contribution is 2.25. The van der Waals surface area contributed by atoms with Gasteiger partial charge in [0.15, 0.2) is 5.16 Å². The van der Waals surface area contributed by atoms with Crippen LogP contribution in [-0.4, -0.2) is 9.97 Å². The summed E-state index contributed by atoms with van der Waals surface area (Å²) in [5, 5.41) is 9.78. The maximum Gasteiger partial charge on any atom is 0.166 e. The maximum atomic E-state index is 8.89. The van der Waals surface area contributed by atoms with Crippen molar-refractivity contribution in [2.24, 2.45) is 0 Å². The largest absolute Gasteiger partial charge is 0.333 e. The van der Waals surface area contributed by atoms with Crippen molar-refractivity contribution in [2.75, 3.05) is 0 Å². The smallest absolute Gasteiger partial charge is 0.166 e. The van der Waals surface area contributed by atoms with E-state index in [1.54, 1.807) is 11.8 Å². The standard InChI is InChI=1S/C15H10BrN3S/c16-12-4-5-13-14(7-12)19-15(18-13)20-9-11-3-1-2-10(6-11)8-17/h1-7H,9H2,(H,18,19). The summed E-state index contributed by atoms with van der Waals surface area (Å²) in [6, 6.07) is 15.8. The number of hydrogen-bond acceptors (Lipinski definition) is 3. The molecule has 0 amide bonds. The van der Waals surface area contributed by atoms with Crippen molar-refractivity contribution < 1.29 is 0 Å². The topological polar surface area (TPSA) is 52.5 Å². The molecule has 98 valence electrons. The number of rotatable bonds is 3. The molecule has 0 atom stereocenters. The number of aromatic amines is 1. The minimum atomic E-state index is 0.691. The van der Waals surface area contributed by atoms with E-state index in [1.165, 1.54) is 0 Å². The van der Waals surface area contributed by atoms with Gasteiger partial charge in [-0.05, 0) is 35.9 Å². The number of H-pyrrole nitrogens is 1. The molecule has 3 nitrogen and oxygen atoms in total. The number of halogens is 1. The molecule has 0 saturated heterocycles. The van der Waals surface area contributed by atoms with Crippen molar-refractivity contribution in [3.05, 3.63) is 58.1 Å². The first kappa shape index (κ1) is 13.2. The Morgan fingerprint density at radius 1 is 1.25 bits per heavy atom. The van der Waals surface area contributed by atoms with Gasteiger partial charge < -0.3 is 4.98 Å². The van der Waals surface area contributed by atoms with Crippen LogP contribution in [0.2, 0.25) is 0 Å². The summed E-state index contributed by atoms with van der Waals surface area (Å²) in [6.45, 7) is 0. The third kappa shape index (κ3) is 2.87. The maximum absolute atomic E-state index is 8.89. The van der Waals surface area contributed by atoms with Gasteiger partial charge in [-0.1, -0.05) is 39.8 Å². The summed E-state index contributed by atoms with van der Waals surface area (Å²) in [5.74, 6) is 0.788. The molecule has 0 fully saturated rings. The first-order valence-electron chi connectivity index (χ1n) is 6.02. The van der Waals surface area contributed by atoms with Crippen LogP contribution in [0.4, 0.5) is 0 Å². The summed E-state index contributed by atoms with van der Waals surface area (Å²) < 4.78 is 1.03. The Hall–Kier alpha value is -1.77. The van der Waals surface area contributed by atoms with Gasteiger partial charge in [0, 0.05) is 10.2 Å². The third-order valence-electron chi connectivity index (χ3n) is 2.85. The minimum Gasteiger partial charge on any atom is -0.333 e. The molecule has 0 bridgehead atoms. The molecule has 20 heavy (non-hydrogen) atoms. The zero-order chi connectivity index (χ0) is 13.9. The molecule has 1 N–H and O–H groups in total. The second-order valence-corrected chi connectivity index (χ2v) is 6.18. The van der Waals surface area contributed by atoms with E-state index in [4.69, 9.17) is 5.26 Å². The number of fused-ring (bicyclic) bond motifs is 1. The number of thioether (sulfide) groups is 1. The first-order valence-corrected chi connectivity index (χ1v) is 7.79. The van der Waals surface area contributed by atoms with E-state index in [0.717, 1.165) is 32.0 Å². The minimum absolute atomic E-state index is 0.691. The Morgan fingerprint density at radius 2 is 2.15 bits per heavy atom. The van der Waals surface area contributed by atoms with E-state index >= 15 is 0 Å². The SMILES string of the molecule is N#Cc1cccc(CSc2nc3ccc(Br)cc3[nH]2)c1. The van der Waals surface area contributed by atoms with Gasteiger partial charge in [0.1, 0.15) is 0 Å². The highest BCUT2D eigenvalue weighted by atomic mass is 79.9. The monoisotopic (exact) mass is 343 g/mol. The molecule has 0 unspecified atom stereocenters. The number of hydrogen-bond donors (Lipinski definition) is 1. The molecule has 2 aromatic carbocycles. The lowest BCUT2D eigenvalue weighted by molar-refractivity contribution is 1.08. The summed E-state index contributed by atoms with van der Waals surface area (Å²) in [5.41, 5.74) is 3.79. The van der Waals surface area contributed by atoms with Crippen molar-refractivity contribution >= 4 is 38.7 Å². The second-order valence-electron chi connectivity index (χ2n) is 4.30. The number of imidazole rings is 1. The predicted molar refractivity (Wildman–Crippen MR) is 84.5 cm³/mol. The summed E-state index contributed by atoms with van der Waals surface area (Å²) in [7, 11) is 0. The van der Waals surface area contributed by atoms with Gasteiger partial charge in [0.25, 0.3) is 0 Å². The Morgan fingerprint density at radius 3 is 3.00 bits per heavy atom. The van der Waals surface area contributed by atoms with Crippen LogP contribution in [0.15, 0.2) is 52.1 Å². The molecule has 3 aromatic rings. The van der Waals surface area contributed by atoms with Crippen molar-refractivity contribution in [3.63, 3.8) is 0 Å². The Balaban J connectivity index is 1.78. The lowest BCUT2D eigenvalue weighted by Gasteiger charge is -1.99. The van der Waals surface area contributed by atoms with E-state index in [0.29, 0.717) is 5.56 Å². The molecule has 0 spiro atoms. The van der Waals surface area contributed by atoms with Crippen molar-refractivity contribution in [1.82, 2.24) is 9.97 Å². The highest BCUT2D eigenvalue weighted by Gasteiger charge is 2.04. The van der Waals surface area contributed by atoms with Crippen molar-refractivity contribution in [3.8, 4) is 6.07 Å². The number of nitrogens with one attached hydrogen (secondary N) is 1. The number of aromatic nitrogens is 2. The van der Waals surface area contributed by atoms with Crippen molar-refractivity contribution in [1.29, 1.82) is 5.26 Å². The Kier molecular flexibility index (Phi) is 3.77. The quantitative estimate of drug-likeness (QED) is 0.712. The first-order chi connectivity index (χ1) is 9.74. The molecule has 0 aliphatic carbocycles. The lowest BCUT2D eigenvalue weighted by Crippen LogP contribution is -1.83. The van der Waals surface area contributed by atoms with Crippen LogP contribution in [-0.2, 0) is 5.75 Å². The molecular formula is C15H10BrN3S. The molecule has 0 aliphatic heterocycles. The van der Waals surface area contributed by atoms with Crippen LogP contribution in [0.3, 0.4) is 0 Å². The third-order valence-corrected chi connectivity index (χ3v) is 4.29. The van der Waals surface area contributed by atoms with E-state index in [9.17, 15) is 0 Å². The molecule has 1 aromatic heterocycles. The van der Waals surface area contributed by atoms with Gasteiger partial charge in [0.2, 0.25) is 0 Å². The van der Waals surface area contributed by atoms with Crippen LogP contribution >= 0.6 is 27.7 Å². The average Bonchev–Trinajstić information content (AvgIpc) is 2.87. The Bertz CT molecular complexity index is 804. The molecule has 0 aliphatic rings. The van der Waals surface area contributed by atoms with Gasteiger partial charge >= 0.3 is 0 Å². The lowest BCUT2D eigenvalue weighted by atomic mass is 10.2. The van der Waals surface area contributed by atoms with E-state index in [1.807, 2.05) is 42.5 Å². The molecule has 0 saturated carbocycles. The van der Waals surface area contributed by atoms with Gasteiger partial charge in [-0.2, -0.15) is 5.26 Å². The number of nitriles is 1. The van der Waals surface area contributed by atoms with Crippen LogP contribution in [0.5, 0.6) is 0 Å². The van der Waals surface area contributed by atoms with Gasteiger partial charge in [-0.25, -0.2) is 4.98 Å². The fraction of sp³-hybridized carbons (Fsp3) is 0.0667. The molecular weight excluding hydrogens is 334 g/mol. The zero-order valence-electron chi connectivity index (χ0n) is 10.4. The fourth-order valence-corrected chi connectivity index (χ4v) is 3.10. The van der Waals surface area contributed by atoms with Crippen molar-refractivity contribution in [2.45, 2.75) is 10.9 Å². The van der Waals surface area contributed by atoms with E-state index in [2.05, 4.69) is 32.0 Å². The van der Waals surface area contributed by atoms with Crippen LogP contribution in [0.25, 0.3) is 11.0 Å². The zero-order valence-corrected chi connectivity index (χ0v) is 12.8. The average molecular weight is 344 g/mol. The number of benzene rings is 2. The molecule has 0 radical (unpaired) electrons. The molecule has 1 heterocycles. The normalized spacial score (nSPS) is 10.6. The fourth-order valence-electron chi connectivity index (χ4n) is 1.91. The summed E-state index contributed by atoms with van der Waals surface area (Å²) in [6.07, 6.45) is 0. The van der Waals surface area contributed by atoms with E-state index < -0.39 is 0 Å². The van der Waals surface area contributed by atoms with Gasteiger partial charge in [-0.15, -0.1) is 0 Å². The Labute approximate surface area is 129 Å². The molecule has 5 heteroatoms. The van der Waals surface area contributed by atoms with Crippen LogP contribution < -0.4 is 0 Å². The second kappa shape index (κ2) is 5.70. The summed E-state index contributed by atoms with van der Waals surface area (Å²) in [4.78, 5) is 7.83. The van der Waals surface area contributed by atoms with Crippen LogP contribution in [0.1, 0.15) is 11.1 Å². The summed E-state index contributed by atoms with van der Waals surface area (Å²) >= 11 is 5.08. The highest BCUT2D eigenvalue weighted by molar-refractivity contribution is 9.10. The van der Waals surface area contributed by atoms with Gasteiger partial charge in [0.05, 0.1) is 22.7 Å². The van der Waals surface area contributed by atoms with Crippen LogP contribution in [0, 0.1) is 11.3 Å². The van der Waals surface area contributed by atoms with Gasteiger partial charge in [-0.3, -0.25) is 0 Å². The predicted octanol–water partition coefficient (Wildman–Crippen LogP) is 4.49. The number of nitrogens with zero attached hydrogens (tertiary/aromatic N) is 2. The molecule has 3 rings (SSSR count).